The summed E-state index contributed by atoms with van der Waals surface area (Å²) in [5.74, 6) is 0. The van der Waals surface area contributed by atoms with Crippen molar-refractivity contribution in [1.29, 1.82) is 0 Å². The number of hydrogen-bond acceptors (Lipinski definition) is 3. The van der Waals surface area contributed by atoms with Crippen LogP contribution in [0.3, 0.4) is 0 Å². The van der Waals surface area contributed by atoms with Crippen molar-refractivity contribution < 1.29 is 4.74 Å². The lowest BCUT2D eigenvalue weighted by atomic mass is 10.2. The third-order valence-electron chi connectivity index (χ3n) is 2.04. The molecule has 0 aliphatic carbocycles. The van der Waals surface area contributed by atoms with Gasteiger partial charge in [0.25, 0.3) is 0 Å². The Morgan fingerprint density at radius 2 is 2.29 bits per heavy atom. The van der Waals surface area contributed by atoms with E-state index in [-0.39, 0.29) is 12.1 Å². The van der Waals surface area contributed by atoms with Crippen molar-refractivity contribution in [2.24, 2.45) is 7.05 Å². The molecule has 0 aliphatic heterocycles. The normalized spacial score (nSPS) is 13.5. The maximum absolute atomic E-state index is 5.55. The molecule has 0 saturated heterocycles. The predicted octanol–water partition coefficient (Wildman–Crippen LogP) is 1.11. The van der Waals surface area contributed by atoms with Gasteiger partial charge in [-0.2, -0.15) is 5.10 Å². The van der Waals surface area contributed by atoms with Crippen molar-refractivity contribution in [2.45, 2.75) is 26.0 Å². The maximum atomic E-state index is 5.55. The van der Waals surface area contributed by atoms with E-state index in [2.05, 4.69) is 10.4 Å². The van der Waals surface area contributed by atoms with Gasteiger partial charge < -0.3 is 10.1 Å². The fraction of sp³-hybridized carbons (Fsp3) is 0.700. The fourth-order valence-electron chi connectivity index (χ4n) is 1.22. The molecular weight excluding hydrogens is 178 g/mol. The third-order valence-corrected chi connectivity index (χ3v) is 2.04. The van der Waals surface area contributed by atoms with Crippen molar-refractivity contribution in [2.75, 3.05) is 13.7 Å². The van der Waals surface area contributed by atoms with Crippen LogP contribution in [0.5, 0.6) is 0 Å². The minimum atomic E-state index is 0.179. The third kappa shape index (κ3) is 3.12. The van der Waals surface area contributed by atoms with Crippen molar-refractivity contribution in [3.05, 3.63) is 18.0 Å². The molecule has 0 aromatic carbocycles. The lowest BCUT2D eigenvalue weighted by molar-refractivity contribution is 0.0617. The van der Waals surface area contributed by atoms with E-state index in [1.165, 1.54) is 0 Å². The van der Waals surface area contributed by atoms with Crippen LogP contribution in [0.25, 0.3) is 0 Å². The SMILES string of the molecule is CNC(COC(C)C)c1ccn(C)n1. The maximum Gasteiger partial charge on any atom is 0.0817 e. The summed E-state index contributed by atoms with van der Waals surface area (Å²) < 4.78 is 7.35. The first-order chi connectivity index (χ1) is 6.63. The lowest BCUT2D eigenvalue weighted by Gasteiger charge is -2.15. The van der Waals surface area contributed by atoms with E-state index in [0.29, 0.717) is 6.61 Å². The van der Waals surface area contributed by atoms with Crippen LogP contribution in [0.4, 0.5) is 0 Å². The highest BCUT2D eigenvalue weighted by molar-refractivity contribution is 5.05. The first kappa shape index (κ1) is 11.2. The molecule has 0 amide bonds. The first-order valence-corrected chi connectivity index (χ1v) is 4.92. The molecule has 0 radical (unpaired) electrons. The zero-order valence-corrected chi connectivity index (χ0v) is 9.32. The van der Waals surface area contributed by atoms with E-state index in [9.17, 15) is 0 Å². The molecule has 0 bridgehead atoms. The van der Waals surface area contributed by atoms with Gasteiger partial charge in [-0.05, 0) is 27.0 Å². The number of nitrogens with one attached hydrogen (secondary N) is 1. The molecule has 1 atom stereocenters. The Hall–Kier alpha value is -0.870. The molecule has 1 aromatic rings. The van der Waals surface area contributed by atoms with Crippen molar-refractivity contribution in [3.8, 4) is 0 Å². The zero-order valence-electron chi connectivity index (χ0n) is 9.32. The quantitative estimate of drug-likeness (QED) is 0.768. The minimum Gasteiger partial charge on any atom is -0.377 e. The summed E-state index contributed by atoms with van der Waals surface area (Å²) in [7, 11) is 3.84. The number of hydrogen-bond donors (Lipinski definition) is 1. The van der Waals surface area contributed by atoms with Gasteiger partial charge in [0.1, 0.15) is 0 Å². The summed E-state index contributed by atoms with van der Waals surface area (Å²) in [6.07, 6.45) is 2.20. The molecule has 1 unspecified atom stereocenters. The van der Waals surface area contributed by atoms with Crippen molar-refractivity contribution in [3.63, 3.8) is 0 Å². The molecule has 1 heterocycles. The van der Waals surface area contributed by atoms with Gasteiger partial charge in [-0.3, -0.25) is 4.68 Å². The second-order valence-corrected chi connectivity index (χ2v) is 3.64. The molecule has 1 aromatic heterocycles. The average Bonchev–Trinajstić information content (AvgIpc) is 2.53. The summed E-state index contributed by atoms with van der Waals surface area (Å²) in [6.45, 7) is 4.72. The largest absolute Gasteiger partial charge is 0.377 e. The Balaban J connectivity index is 2.54. The van der Waals surface area contributed by atoms with Gasteiger partial charge in [0.05, 0.1) is 24.4 Å². The zero-order chi connectivity index (χ0) is 10.6. The van der Waals surface area contributed by atoms with E-state index < -0.39 is 0 Å². The molecule has 0 spiro atoms. The molecule has 1 N–H and O–H groups in total. The molecule has 4 nitrogen and oxygen atoms in total. The molecule has 0 fully saturated rings. The highest BCUT2D eigenvalue weighted by Gasteiger charge is 2.12. The van der Waals surface area contributed by atoms with Gasteiger partial charge in [0.15, 0.2) is 0 Å². The molecule has 0 aliphatic rings. The van der Waals surface area contributed by atoms with E-state index >= 15 is 0 Å². The van der Waals surface area contributed by atoms with Gasteiger partial charge in [-0.15, -0.1) is 0 Å². The fourth-order valence-corrected chi connectivity index (χ4v) is 1.22. The van der Waals surface area contributed by atoms with E-state index in [0.717, 1.165) is 5.69 Å². The Morgan fingerprint density at radius 3 is 2.71 bits per heavy atom. The standard InChI is InChI=1S/C10H19N3O/c1-8(2)14-7-10(11-3)9-5-6-13(4)12-9/h5-6,8,10-11H,7H2,1-4H3. The summed E-state index contributed by atoms with van der Waals surface area (Å²) in [6, 6.07) is 2.18. The Bertz CT molecular complexity index is 270. The molecule has 1 rings (SSSR count). The van der Waals surface area contributed by atoms with Gasteiger partial charge in [-0.25, -0.2) is 0 Å². The van der Waals surface area contributed by atoms with Crippen molar-refractivity contribution >= 4 is 0 Å². The Kier molecular flexibility index (Phi) is 4.10. The summed E-state index contributed by atoms with van der Waals surface area (Å²) >= 11 is 0. The first-order valence-electron chi connectivity index (χ1n) is 4.92. The second-order valence-electron chi connectivity index (χ2n) is 3.64. The summed E-state index contributed by atoms with van der Waals surface area (Å²) in [4.78, 5) is 0. The second kappa shape index (κ2) is 5.12. The number of rotatable bonds is 5. The predicted molar refractivity (Wildman–Crippen MR) is 56.1 cm³/mol. The van der Waals surface area contributed by atoms with E-state index in [4.69, 9.17) is 4.74 Å². The summed E-state index contributed by atoms with van der Waals surface area (Å²) in [5.41, 5.74) is 1.02. The monoisotopic (exact) mass is 197 g/mol. The number of aromatic nitrogens is 2. The van der Waals surface area contributed by atoms with E-state index in [1.54, 1.807) is 4.68 Å². The number of ether oxygens (including phenoxy) is 1. The molecule has 4 heteroatoms. The van der Waals surface area contributed by atoms with Gasteiger partial charge in [0, 0.05) is 13.2 Å². The van der Waals surface area contributed by atoms with Crippen LogP contribution in [-0.4, -0.2) is 29.5 Å². The Morgan fingerprint density at radius 1 is 1.57 bits per heavy atom. The van der Waals surface area contributed by atoms with Crippen LogP contribution in [0.15, 0.2) is 12.3 Å². The smallest absolute Gasteiger partial charge is 0.0817 e. The summed E-state index contributed by atoms with van der Waals surface area (Å²) in [5, 5.41) is 7.52. The highest BCUT2D eigenvalue weighted by Crippen LogP contribution is 2.10. The van der Waals surface area contributed by atoms with Gasteiger partial charge >= 0.3 is 0 Å². The average molecular weight is 197 g/mol. The van der Waals surface area contributed by atoms with Crippen LogP contribution < -0.4 is 5.32 Å². The molecule has 14 heavy (non-hydrogen) atoms. The van der Waals surface area contributed by atoms with Crippen molar-refractivity contribution in [1.82, 2.24) is 15.1 Å². The minimum absolute atomic E-state index is 0.179. The van der Waals surface area contributed by atoms with Crippen LogP contribution >= 0.6 is 0 Å². The highest BCUT2D eigenvalue weighted by atomic mass is 16.5. The molecule has 80 valence electrons. The van der Waals surface area contributed by atoms with Gasteiger partial charge in [-0.1, -0.05) is 0 Å². The van der Waals surface area contributed by atoms with Gasteiger partial charge in [0.2, 0.25) is 0 Å². The topological polar surface area (TPSA) is 39.1 Å². The van der Waals surface area contributed by atoms with Crippen LogP contribution in [-0.2, 0) is 11.8 Å². The van der Waals surface area contributed by atoms with Crippen LogP contribution in [0.1, 0.15) is 25.6 Å². The van der Waals surface area contributed by atoms with E-state index in [1.807, 2.05) is 40.2 Å². The molecule has 0 saturated carbocycles. The number of nitrogens with zero attached hydrogens (tertiary/aromatic N) is 2. The lowest BCUT2D eigenvalue weighted by Crippen LogP contribution is -2.24. The van der Waals surface area contributed by atoms with Crippen LogP contribution in [0.2, 0.25) is 0 Å². The van der Waals surface area contributed by atoms with Crippen LogP contribution in [0, 0.1) is 0 Å². The number of likely N-dealkylation sites (N-methyl/N-ethyl adjacent to an activating group) is 1. The molecular formula is C10H19N3O. The number of aryl methyl sites for hydroxylation is 1. The Labute approximate surface area is 85.3 Å².